The van der Waals surface area contributed by atoms with Crippen LogP contribution < -0.4 is 0 Å². The predicted octanol–water partition coefficient (Wildman–Crippen LogP) is 4.75. The van der Waals surface area contributed by atoms with E-state index in [1.807, 2.05) is 6.20 Å². The molecule has 1 saturated carbocycles. The van der Waals surface area contributed by atoms with Gasteiger partial charge in [-0.3, -0.25) is 4.98 Å². The molecular formula is C17H19N. The second kappa shape index (κ2) is 4.56. The zero-order valence-electron chi connectivity index (χ0n) is 11.1. The molecule has 0 bridgehead atoms. The van der Waals surface area contributed by atoms with Gasteiger partial charge in [-0.2, -0.15) is 0 Å². The molecule has 3 rings (SSSR count). The molecule has 0 N–H and O–H groups in total. The summed E-state index contributed by atoms with van der Waals surface area (Å²) in [5.41, 5.74) is 5.23. The predicted molar refractivity (Wildman–Crippen MR) is 75.7 cm³/mol. The molecule has 18 heavy (non-hydrogen) atoms. The molecule has 0 atom stereocenters. The van der Waals surface area contributed by atoms with Crippen LogP contribution in [0.15, 0.2) is 42.6 Å². The van der Waals surface area contributed by atoms with E-state index in [-0.39, 0.29) is 0 Å². The van der Waals surface area contributed by atoms with E-state index in [0.717, 1.165) is 5.92 Å². The summed E-state index contributed by atoms with van der Waals surface area (Å²) in [6.07, 6.45) is 4.65. The van der Waals surface area contributed by atoms with Crippen molar-refractivity contribution in [3.05, 3.63) is 53.9 Å². The van der Waals surface area contributed by atoms with Crippen LogP contribution in [0.4, 0.5) is 0 Å². The van der Waals surface area contributed by atoms with Crippen molar-refractivity contribution in [1.29, 1.82) is 0 Å². The Morgan fingerprint density at radius 1 is 1.00 bits per heavy atom. The van der Waals surface area contributed by atoms with E-state index in [2.05, 4.69) is 55.2 Å². The summed E-state index contributed by atoms with van der Waals surface area (Å²) in [6, 6.07) is 13.3. The van der Waals surface area contributed by atoms with E-state index in [1.54, 1.807) is 0 Å². The molecule has 0 unspecified atom stereocenters. The largest absolute Gasteiger partial charge is 0.261 e. The Hall–Kier alpha value is -1.63. The van der Waals surface area contributed by atoms with Crippen molar-refractivity contribution in [3.8, 4) is 11.1 Å². The van der Waals surface area contributed by atoms with Gasteiger partial charge in [0.05, 0.1) is 0 Å². The number of pyridine rings is 1. The van der Waals surface area contributed by atoms with Crippen LogP contribution in [0.25, 0.3) is 11.1 Å². The first-order valence-electron chi connectivity index (χ1n) is 6.80. The third-order valence-corrected chi connectivity index (χ3v) is 3.67. The van der Waals surface area contributed by atoms with Crippen molar-refractivity contribution in [2.24, 2.45) is 0 Å². The molecule has 0 spiro atoms. The van der Waals surface area contributed by atoms with Crippen molar-refractivity contribution in [2.75, 3.05) is 0 Å². The number of aromatic nitrogens is 1. The first-order chi connectivity index (χ1) is 8.74. The Morgan fingerprint density at radius 2 is 1.72 bits per heavy atom. The van der Waals surface area contributed by atoms with Gasteiger partial charge < -0.3 is 0 Å². The highest BCUT2D eigenvalue weighted by Gasteiger charge is 2.22. The minimum atomic E-state index is 0.482. The summed E-state index contributed by atoms with van der Waals surface area (Å²) in [5, 5.41) is 0. The molecule has 2 aromatic rings. The van der Waals surface area contributed by atoms with Crippen molar-refractivity contribution in [3.63, 3.8) is 0 Å². The molecule has 0 saturated heterocycles. The highest BCUT2D eigenvalue weighted by atomic mass is 14.7. The molecule has 0 amide bonds. The Labute approximate surface area is 109 Å². The Balaban J connectivity index is 1.91. The quantitative estimate of drug-likeness (QED) is 0.750. The molecular weight excluding hydrogens is 218 g/mol. The van der Waals surface area contributed by atoms with Gasteiger partial charge in [0.2, 0.25) is 0 Å². The molecule has 1 aliphatic rings. The lowest BCUT2D eigenvalue weighted by molar-refractivity contribution is 0.823. The average molecular weight is 237 g/mol. The first-order valence-corrected chi connectivity index (χ1v) is 6.80. The fourth-order valence-corrected chi connectivity index (χ4v) is 2.31. The lowest BCUT2D eigenvalue weighted by atomic mass is 10.0. The van der Waals surface area contributed by atoms with E-state index in [0.29, 0.717) is 5.92 Å². The minimum Gasteiger partial charge on any atom is -0.261 e. The van der Waals surface area contributed by atoms with Crippen molar-refractivity contribution >= 4 is 0 Å². The standard InChI is InChI=1S/C17H19N/c1-12(2)17-11-16(9-10-18-17)15-7-5-14(6-8-15)13-3-4-13/h5-13H,3-4H2,1-2H3. The molecule has 1 heterocycles. The highest BCUT2D eigenvalue weighted by molar-refractivity contribution is 5.64. The minimum absolute atomic E-state index is 0.482. The molecule has 1 aliphatic carbocycles. The topological polar surface area (TPSA) is 12.9 Å². The summed E-state index contributed by atoms with van der Waals surface area (Å²) in [5.74, 6) is 1.32. The SMILES string of the molecule is CC(C)c1cc(-c2ccc(C3CC3)cc2)ccn1. The van der Waals surface area contributed by atoms with Gasteiger partial charge >= 0.3 is 0 Å². The summed E-state index contributed by atoms with van der Waals surface area (Å²) in [7, 11) is 0. The lowest BCUT2D eigenvalue weighted by Crippen LogP contribution is -1.92. The van der Waals surface area contributed by atoms with Gasteiger partial charge in [0.15, 0.2) is 0 Å². The second-order valence-electron chi connectivity index (χ2n) is 5.52. The summed E-state index contributed by atoms with van der Waals surface area (Å²) < 4.78 is 0. The third-order valence-electron chi connectivity index (χ3n) is 3.67. The highest BCUT2D eigenvalue weighted by Crippen LogP contribution is 2.40. The first kappa shape index (κ1) is 11.5. The van der Waals surface area contributed by atoms with Crippen LogP contribution in [-0.4, -0.2) is 4.98 Å². The molecule has 92 valence electrons. The molecule has 1 aromatic carbocycles. The van der Waals surface area contributed by atoms with Crippen LogP contribution in [0.2, 0.25) is 0 Å². The lowest BCUT2D eigenvalue weighted by Gasteiger charge is -2.08. The zero-order valence-corrected chi connectivity index (χ0v) is 11.1. The van der Waals surface area contributed by atoms with Gasteiger partial charge in [0, 0.05) is 11.9 Å². The smallest absolute Gasteiger partial charge is 0.0435 e. The molecule has 1 heteroatoms. The van der Waals surface area contributed by atoms with Crippen LogP contribution in [-0.2, 0) is 0 Å². The van der Waals surface area contributed by atoms with Crippen LogP contribution in [0.3, 0.4) is 0 Å². The Morgan fingerprint density at radius 3 is 2.33 bits per heavy atom. The maximum Gasteiger partial charge on any atom is 0.0435 e. The number of benzene rings is 1. The number of hydrogen-bond acceptors (Lipinski definition) is 1. The number of hydrogen-bond donors (Lipinski definition) is 0. The Bertz CT molecular complexity index is 536. The van der Waals surface area contributed by atoms with E-state index in [9.17, 15) is 0 Å². The monoisotopic (exact) mass is 237 g/mol. The summed E-state index contributed by atoms with van der Waals surface area (Å²) >= 11 is 0. The summed E-state index contributed by atoms with van der Waals surface area (Å²) in [6.45, 7) is 4.37. The number of nitrogens with zero attached hydrogens (tertiary/aromatic N) is 1. The van der Waals surface area contributed by atoms with Gasteiger partial charge in [0.1, 0.15) is 0 Å². The van der Waals surface area contributed by atoms with E-state index < -0.39 is 0 Å². The fraction of sp³-hybridized carbons (Fsp3) is 0.353. The molecule has 1 fully saturated rings. The molecule has 0 aliphatic heterocycles. The second-order valence-corrected chi connectivity index (χ2v) is 5.52. The van der Waals surface area contributed by atoms with E-state index in [4.69, 9.17) is 0 Å². The molecule has 1 nitrogen and oxygen atoms in total. The average Bonchev–Trinajstić information content (AvgIpc) is 3.23. The Kier molecular flexibility index (Phi) is 2.91. The van der Waals surface area contributed by atoms with Crippen LogP contribution in [0, 0.1) is 0 Å². The maximum absolute atomic E-state index is 4.42. The van der Waals surface area contributed by atoms with Crippen molar-refractivity contribution < 1.29 is 0 Å². The van der Waals surface area contributed by atoms with Gasteiger partial charge in [-0.1, -0.05) is 38.1 Å². The molecule has 1 aromatic heterocycles. The maximum atomic E-state index is 4.42. The number of rotatable bonds is 3. The van der Waals surface area contributed by atoms with Gasteiger partial charge in [-0.05, 0) is 53.5 Å². The third kappa shape index (κ3) is 2.31. The van der Waals surface area contributed by atoms with E-state index >= 15 is 0 Å². The van der Waals surface area contributed by atoms with Crippen molar-refractivity contribution in [1.82, 2.24) is 4.98 Å². The normalized spacial score (nSPS) is 15.1. The summed E-state index contributed by atoms with van der Waals surface area (Å²) in [4.78, 5) is 4.42. The van der Waals surface area contributed by atoms with Gasteiger partial charge in [0.25, 0.3) is 0 Å². The van der Waals surface area contributed by atoms with E-state index in [1.165, 1.54) is 35.2 Å². The van der Waals surface area contributed by atoms with Gasteiger partial charge in [-0.15, -0.1) is 0 Å². The van der Waals surface area contributed by atoms with Crippen LogP contribution in [0.5, 0.6) is 0 Å². The zero-order chi connectivity index (χ0) is 12.5. The van der Waals surface area contributed by atoms with Crippen LogP contribution in [0.1, 0.15) is 49.8 Å². The van der Waals surface area contributed by atoms with Gasteiger partial charge in [-0.25, -0.2) is 0 Å². The van der Waals surface area contributed by atoms with Crippen LogP contribution >= 0.6 is 0 Å². The molecule has 0 radical (unpaired) electrons. The fourth-order valence-electron chi connectivity index (χ4n) is 2.31. The van der Waals surface area contributed by atoms with Crippen molar-refractivity contribution in [2.45, 2.75) is 38.5 Å².